The van der Waals surface area contributed by atoms with Crippen LogP contribution in [0.4, 0.5) is 13.2 Å². The molecule has 5 nitrogen and oxygen atoms in total. The van der Waals surface area contributed by atoms with Crippen molar-refractivity contribution in [1.82, 2.24) is 10.2 Å². The molecule has 2 aliphatic heterocycles. The van der Waals surface area contributed by atoms with Gasteiger partial charge in [0.05, 0.1) is 24.8 Å². The van der Waals surface area contributed by atoms with Crippen molar-refractivity contribution in [3.63, 3.8) is 0 Å². The van der Waals surface area contributed by atoms with Crippen LogP contribution in [0, 0.1) is 0 Å². The van der Waals surface area contributed by atoms with E-state index in [9.17, 15) is 13.2 Å². The molecule has 0 amide bonds. The van der Waals surface area contributed by atoms with E-state index in [4.69, 9.17) is 14.5 Å². The molecule has 0 radical (unpaired) electrons. The van der Waals surface area contributed by atoms with Gasteiger partial charge in [-0.2, -0.15) is 13.2 Å². The first-order chi connectivity index (χ1) is 14.4. The maximum absolute atomic E-state index is 13.1. The highest BCUT2D eigenvalue weighted by Crippen LogP contribution is 2.49. The number of nitrogens with one attached hydrogen (secondary N) is 1. The van der Waals surface area contributed by atoms with Crippen LogP contribution in [0.3, 0.4) is 0 Å². The van der Waals surface area contributed by atoms with Crippen molar-refractivity contribution in [3.05, 3.63) is 35.4 Å². The molecule has 0 spiro atoms. The first-order valence-electron chi connectivity index (χ1n) is 10.9. The molecule has 1 aromatic rings. The summed E-state index contributed by atoms with van der Waals surface area (Å²) < 4.78 is 51.1. The van der Waals surface area contributed by atoms with E-state index in [1.54, 1.807) is 6.07 Å². The molecule has 3 aliphatic rings. The summed E-state index contributed by atoms with van der Waals surface area (Å²) in [6.45, 7) is 6.10. The van der Waals surface area contributed by atoms with Gasteiger partial charge in [-0.25, -0.2) is 0 Å². The Morgan fingerprint density at radius 3 is 2.70 bits per heavy atom. The quantitative estimate of drug-likeness (QED) is 0.579. The average Bonchev–Trinajstić information content (AvgIpc) is 3.33. The van der Waals surface area contributed by atoms with Gasteiger partial charge in [0.2, 0.25) is 0 Å². The fraction of sp³-hybridized carbons (Fsp3) is 0.682. The van der Waals surface area contributed by atoms with Crippen molar-refractivity contribution >= 4 is 5.96 Å². The number of hydrogen-bond donors (Lipinski definition) is 1. The number of rotatable bonds is 5. The molecule has 2 atom stereocenters. The molecule has 2 heterocycles. The number of benzene rings is 1. The third-order valence-corrected chi connectivity index (χ3v) is 6.29. The van der Waals surface area contributed by atoms with Crippen molar-refractivity contribution in [2.45, 2.75) is 56.4 Å². The number of aliphatic imine (C=N–C) groups is 1. The van der Waals surface area contributed by atoms with E-state index in [2.05, 4.69) is 10.2 Å². The van der Waals surface area contributed by atoms with Crippen LogP contribution >= 0.6 is 0 Å². The molecule has 30 heavy (non-hydrogen) atoms. The summed E-state index contributed by atoms with van der Waals surface area (Å²) in [5.74, 6) is 0.807. The van der Waals surface area contributed by atoms with Gasteiger partial charge in [-0.3, -0.25) is 4.99 Å². The smallest absolute Gasteiger partial charge is 0.375 e. The Morgan fingerprint density at radius 1 is 1.23 bits per heavy atom. The zero-order valence-electron chi connectivity index (χ0n) is 17.4. The summed E-state index contributed by atoms with van der Waals surface area (Å²) in [7, 11) is 0. The molecule has 1 aromatic carbocycles. The van der Waals surface area contributed by atoms with Crippen molar-refractivity contribution in [3.8, 4) is 0 Å². The van der Waals surface area contributed by atoms with E-state index >= 15 is 0 Å². The molecule has 0 bridgehead atoms. The van der Waals surface area contributed by atoms with Gasteiger partial charge in [0.15, 0.2) is 5.96 Å². The largest absolute Gasteiger partial charge is 0.416 e. The van der Waals surface area contributed by atoms with Gasteiger partial charge in [0, 0.05) is 31.7 Å². The fourth-order valence-corrected chi connectivity index (χ4v) is 4.35. The number of halogens is 3. The summed E-state index contributed by atoms with van der Waals surface area (Å²) in [6.07, 6.45) is -0.352. The second kappa shape index (κ2) is 8.75. The lowest BCUT2D eigenvalue weighted by Crippen LogP contribution is -2.53. The highest BCUT2D eigenvalue weighted by molar-refractivity contribution is 5.80. The standard InChI is InChI=1S/C22H30F3N3O2/c1-2-26-20(28-10-12-30-19(14-28)18-7-4-11-29-18)27-15-21(8-9-21)16-5-3-6-17(13-16)22(23,24)25/h3,5-6,13,18-19H,2,4,7-12,14-15H2,1H3,(H,26,27). The molecule has 3 fully saturated rings. The molecule has 0 aromatic heterocycles. The van der Waals surface area contributed by atoms with Crippen LogP contribution in [0.5, 0.6) is 0 Å². The number of guanidine groups is 1. The summed E-state index contributed by atoms with van der Waals surface area (Å²) in [4.78, 5) is 7.05. The highest BCUT2D eigenvalue weighted by atomic mass is 19.4. The summed E-state index contributed by atoms with van der Waals surface area (Å²) in [5.41, 5.74) is -0.145. The van der Waals surface area contributed by atoms with Crippen molar-refractivity contribution in [2.75, 3.05) is 39.4 Å². The third kappa shape index (κ3) is 4.75. The number of nitrogens with zero attached hydrogens (tertiary/aromatic N) is 2. The van der Waals surface area contributed by atoms with Crippen molar-refractivity contribution in [2.24, 2.45) is 4.99 Å². The van der Waals surface area contributed by atoms with Crippen LogP contribution < -0.4 is 5.32 Å². The van der Waals surface area contributed by atoms with E-state index in [1.165, 1.54) is 12.1 Å². The van der Waals surface area contributed by atoms with Gasteiger partial charge in [0.1, 0.15) is 6.10 Å². The van der Waals surface area contributed by atoms with E-state index < -0.39 is 11.7 Å². The zero-order chi connectivity index (χ0) is 21.2. The normalized spacial score (nSPS) is 26.7. The summed E-state index contributed by atoms with van der Waals surface area (Å²) in [5, 5.41) is 3.35. The van der Waals surface area contributed by atoms with Crippen LogP contribution in [0.15, 0.2) is 29.3 Å². The third-order valence-electron chi connectivity index (χ3n) is 6.29. The Labute approximate surface area is 175 Å². The second-order valence-corrected chi connectivity index (χ2v) is 8.44. The predicted molar refractivity (Wildman–Crippen MR) is 109 cm³/mol. The average molecular weight is 425 g/mol. The first-order valence-corrected chi connectivity index (χ1v) is 10.9. The molecule has 166 valence electrons. The van der Waals surface area contributed by atoms with Crippen LogP contribution in [-0.2, 0) is 21.1 Å². The van der Waals surface area contributed by atoms with Crippen molar-refractivity contribution < 1.29 is 22.6 Å². The minimum Gasteiger partial charge on any atom is -0.375 e. The summed E-state index contributed by atoms with van der Waals surface area (Å²) >= 11 is 0. The molecular formula is C22H30F3N3O2. The van der Waals surface area contributed by atoms with Crippen LogP contribution in [0.2, 0.25) is 0 Å². The zero-order valence-corrected chi connectivity index (χ0v) is 17.4. The predicted octanol–water partition coefficient (Wildman–Crippen LogP) is 3.58. The SMILES string of the molecule is CCNC(=NCC1(c2cccc(C(F)(F)F)c2)CC1)N1CCOC(C2CCCO2)C1. The van der Waals surface area contributed by atoms with Crippen molar-refractivity contribution in [1.29, 1.82) is 0 Å². The maximum Gasteiger partial charge on any atom is 0.416 e. The Balaban J connectivity index is 1.47. The number of ether oxygens (including phenoxy) is 2. The van der Waals surface area contributed by atoms with Crippen LogP contribution in [-0.4, -0.2) is 62.5 Å². The highest BCUT2D eigenvalue weighted by Gasteiger charge is 2.45. The Bertz CT molecular complexity index is 758. The number of alkyl halides is 3. The van der Waals surface area contributed by atoms with E-state index in [0.29, 0.717) is 19.7 Å². The van der Waals surface area contributed by atoms with Gasteiger partial charge in [-0.05, 0) is 44.2 Å². The first kappa shape index (κ1) is 21.4. The van der Waals surface area contributed by atoms with Crippen LogP contribution in [0.25, 0.3) is 0 Å². The molecule has 1 aliphatic carbocycles. The van der Waals surface area contributed by atoms with E-state index in [0.717, 1.165) is 63.0 Å². The lowest BCUT2D eigenvalue weighted by Gasteiger charge is -2.37. The maximum atomic E-state index is 13.1. The fourth-order valence-electron chi connectivity index (χ4n) is 4.35. The molecule has 2 unspecified atom stereocenters. The Morgan fingerprint density at radius 2 is 2.03 bits per heavy atom. The molecule has 1 N–H and O–H groups in total. The van der Waals surface area contributed by atoms with E-state index in [-0.39, 0.29) is 17.6 Å². The van der Waals surface area contributed by atoms with Gasteiger partial charge < -0.3 is 19.7 Å². The van der Waals surface area contributed by atoms with Crippen LogP contribution in [0.1, 0.15) is 43.7 Å². The van der Waals surface area contributed by atoms with Gasteiger partial charge in [-0.1, -0.05) is 18.2 Å². The van der Waals surface area contributed by atoms with Gasteiger partial charge in [0.25, 0.3) is 0 Å². The lowest BCUT2D eigenvalue weighted by molar-refractivity contribution is -0.137. The molecule has 2 saturated heterocycles. The molecule has 1 saturated carbocycles. The minimum absolute atomic E-state index is 0.0310. The summed E-state index contributed by atoms with van der Waals surface area (Å²) in [6, 6.07) is 5.72. The topological polar surface area (TPSA) is 46.1 Å². The number of morpholine rings is 1. The Kier molecular flexibility index (Phi) is 6.25. The number of hydrogen-bond acceptors (Lipinski definition) is 3. The molecular weight excluding hydrogens is 395 g/mol. The Hall–Kier alpha value is -1.80. The molecule has 4 rings (SSSR count). The monoisotopic (exact) mass is 425 g/mol. The van der Waals surface area contributed by atoms with Gasteiger partial charge in [-0.15, -0.1) is 0 Å². The second-order valence-electron chi connectivity index (χ2n) is 8.44. The minimum atomic E-state index is -4.32. The lowest BCUT2D eigenvalue weighted by atomic mass is 9.94. The van der Waals surface area contributed by atoms with Gasteiger partial charge >= 0.3 is 6.18 Å². The molecule has 8 heteroatoms. The van der Waals surface area contributed by atoms with E-state index in [1.807, 2.05) is 6.92 Å².